The molecule has 0 radical (unpaired) electrons. The lowest BCUT2D eigenvalue weighted by atomic mass is 10.1. The van der Waals surface area contributed by atoms with E-state index in [-0.39, 0.29) is 17.9 Å². The normalized spacial score (nSPS) is 14.3. The van der Waals surface area contributed by atoms with Gasteiger partial charge in [0.2, 0.25) is 0 Å². The van der Waals surface area contributed by atoms with Crippen LogP contribution in [0.15, 0.2) is 42.2 Å². The molecular formula is C18H16N2O3. The molecule has 116 valence electrons. The minimum absolute atomic E-state index is 0.0517. The van der Waals surface area contributed by atoms with Gasteiger partial charge in [-0.1, -0.05) is 24.3 Å². The minimum atomic E-state index is -0.522. The highest BCUT2D eigenvalue weighted by Crippen LogP contribution is 2.32. The van der Waals surface area contributed by atoms with Crippen molar-refractivity contribution >= 4 is 33.3 Å². The highest BCUT2D eigenvalue weighted by atomic mass is 16.5. The van der Waals surface area contributed by atoms with Gasteiger partial charge in [0.05, 0.1) is 17.6 Å². The molecule has 5 nitrogen and oxygen atoms in total. The molecule has 0 spiro atoms. The second kappa shape index (κ2) is 5.12. The van der Waals surface area contributed by atoms with Crippen LogP contribution in [0.5, 0.6) is 0 Å². The Bertz CT molecular complexity index is 969. The number of aryl methyl sites for hydroxylation is 1. The highest BCUT2D eigenvalue weighted by molar-refractivity contribution is 6.17. The lowest BCUT2D eigenvalue weighted by Gasteiger charge is -2.17. The fraction of sp³-hybridized carbons (Fsp3) is 0.222. The van der Waals surface area contributed by atoms with Crippen molar-refractivity contribution in [3.05, 3.63) is 48.0 Å². The smallest absolute Gasteiger partial charge is 0.345 e. The number of hydrogen-bond acceptors (Lipinski definition) is 4. The third-order valence-corrected chi connectivity index (χ3v) is 4.18. The van der Waals surface area contributed by atoms with Gasteiger partial charge in [-0.25, -0.2) is 9.78 Å². The standard InChI is InChI=1S/C18H16N2O3/c1-2-23-18(22)16-15(21)7-8-20-14-10-12-6-4-3-5-11(12)9-13(14)19-17(16)20/h3-6,9-10,21H,2,7-8H2,1H3. The number of aliphatic hydroxyl groups excluding tert-OH is 1. The van der Waals surface area contributed by atoms with Crippen LogP contribution in [-0.2, 0) is 16.1 Å². The van der Waals surface area contributed by atoms with Gasteiger partial charge in [0.1, 0.15) is 11.3 Å². The Kier molecular flexibility index (Phi) is 3.08. The van der Waals surface area contributed by atoms with Gasteiger partial charge < -0.3 is 14.4 Å². The molecule has 0 saturated carbocycles. The Balaban J connectivity index is 1.97. The van der Waals surface area contributed by atoms with Crippen molar-refractivity contribution in [3.63, 3.8) is 0 Å². The minimum Gasteiger partial charge on any atom is -0.511 e. The predicted octanol–water partition coefficient (Wildman–Crippen LogP) is 3.43. The Morgan fingerprint density at radius 2 is 2.04 bits per heavy atom. The second-order valence-electron chi connectivity index (χ2n) is 5.57. The monoisotopic (exact) mass is 308 g/mol. The summed E-state index contributed by atoms with van der Waals surface area (Å²) in [6, 6.07) is 12.2. The van der Waals surface area contributed by atoms with Crippen LogP contribution in [0.3, 0.4) is 0 Å². The number of aliphatic hydroxyl groups is 1. The molecule has 3 aromatic rings. The number of carbonyl (C=O) groups is 1. The molecule has 1 N–H and O–H groups in total. The molecule has 1 aliphatic heterocycles. The zero-order chi connectivity index (χ0) is 16.0. The summed E-state index contributed by atoms with van der Waals surface area (Å²) in [5.41, 5.74) is 1.96. The largest absolute Gasteiger partial charge is 0.511 e. The molecule has 1 aromatic heterocycles. The molecule has 0 unspecified atom stereocenters. The molecular weight excluding hydrogens is 292 g/mol. The summed E-state index contributed by atoms with van der Waals surface area (Å²) in [6.45, 7) is 2.60. The summed E-state index contributed by atoms with van der Waals surface area (Å²) in [6.07, 6.45) is 0.402. The SMILES string of the molecule is CCOC(=O)C1=C(O)CCn2c1nc1cc3ccccc3cc12. The molecule has 5 heteroatoms. The number of allylic oxidation sites excluding steroid dienone is 1. The number of fused-ring (bicyclic) bond motifs is 4. The van der Waals surface area contributed by atoms with Gasteiger partial charge in [0, 0.05) is 13.0 Å². The molecule has 2 heterocycles. The molecule has 0 bridgehead atoms. The van der Waals surface area contributed by atoms with Crippen LogP contribution in [0.1, 0.15) is 19.2 Å². The van der Waals surface area contributed by atoms with E-state index in [1.165, 1.54) is 0 Å². The summed E-state index contributed by atoms with van der Waals surface area (Å²) in [5.74, 6) is 0.0131. The van der Waals surface area contributed by atoms with Gasteiger partial charge in [-0.05, 0) is 29.8 Å². The Morgan fingerprint density at radius 3 is 2.78 bits per heavy atom. The van der Waals surface area contributed by atoms with Crippen LogP contribution in [0, 0.1) is 0 Å². The van der Waals surface area contributed by atoms with E-state index in [2.05, 4.69) is 17.1 Å². The van der Waals surface area contributed by atoms with Crippen LogP contribution in [0.2, 0.25) is 0 Å². The maximum absolute atomic E-state index is 12.2. The zero-order valence-electron chi connectivity index (χ0n) is 12.7. The van der Waals surface area contributed by atoms with Gasteiger partial charge in [0.25, 0.3) is 0 Å². The van der Waals surface area contributed by atoms with Gasteiger partial charge in [0.15, 0.2) is 5.82 Å². The average Bonchev–Trinajstić information content (AvgIpc) is 2.89. The van der Waals surface area contributed by atoms with Crippen molar-refractivity contribution in [2.75, 3.05) is 6.61 Å². The first-order chi connectivity index (χ1) is 11.2. The zero-order valence-corrected chi connectivity index (χ0v) is 12.7. The molecule has 1 aliphatic rings. The Labute approximate surface area is 132 Å². The molecule has 0 atom stereocenters. The quantitative estimate of drug-likeness (QED) is 0.737. The number of ether oxygens (including phenoxy) is 1. The molecule has 0 aliphatic carbocycles. The number of hydrogen-bond donors (Lipinski definition) is 1. The van der Waals surface area contributed by atoms with Crippen molar-refractivity contribution in [1.29, 1.82) is 0 Å². The van der Waals surface area contributed by atoms with Crippen molar-refractivity contribution in [1.82, 2.24) is 9.55 Å². The summed E-state index contributed by atoms with van der Waals surface area (Å²) < 4.78 is 7.05. The van der Waals surface area contributed by atoms with Crippen molar-refractivity contribution in [3.8, 4) is 0 Å². The summed E-state index contributed by atoms with van der Waals surface area (Å²) in [4.78, 5) is 16.8. The van der Waals surface area contributed by atoms with E-state index in [1.807, 2.05) is 28.8 Å². The lowest BCUT2D eigenvalue weighted by molar-refractivity contribution is -0.136. The molecule has 0 amide bonds. The Morgan fingerprint density at radius 1 is 1.30 bits per heavy atom. The number of imidazole rings is 1. The maximum Gasteiger partial charge on any atom is 0.345 e. The highest BCUT2D eigenvalue weighted by Gasteiger charge is 2.29. The first kappa shape index (κ1) is 13.8. The number of carbonyl (C=O) groups excluding carboxylic acids is 1. The van der Waals surface area contributed by atoms with Crippen LogP contribution in [-0.4, -0.2) is 27.2 Å². The maximum atomic E-state index is 12.2. The second-order valence-corrected chi connectivity index (χ2v) is 5.57. The van der Waals surface area contributed by atoms with Crippen LogP contribution in [0.25, 0.3) is 27.4 Å². The van der Waals surface area contributed by atoms with Gasteiger partial charge in [-0.2, -0.15) is 0 Å². The van der Waals surface area contributed by atoms with E-state index in [0.29, 0.717) is 18.8 Å². The first-order valence-electron chi connectivity index (χ1n) is 7.67. The molecule has 0 fully saturated rings. The molecule has 2 aromatic carbocycles. The average molecular weight is 308 g/mol. The Hall–Kier alpha value is -2.82. The predicted molar refractivity (Wildman–Crippen MR) is 88.0 cm³/mol. The summed E-state index contributed by atoms with van der Waals surface area (Å²) in [5, 5.41) is 12.4. The number of esters is 1. The van der Waals surface area contributed by atoms with Gasteiger partial charge in [-0.15, -0.1) is 0 Å². The van der Waals surface area contributed by atoms with Crippen molar-refractivity contribution in [2.24, 2.45) is 0 Å². The fourth-order valence-corrected chi connectivity index (χ4v) is 3.11. The van der Waals surface area contributed by atoms with Crippen LogP contribution < -0.4 is 0 Å². The number of rotatable bonds is 2. The molecule has 4 rings (SSSR count). The van der Waals surface area contributed by atoms with E-state index in [9.17, 15) is 9.90 Å². The van der Waals surface area contributed by atoms with Crippen LogP contribution in [0.4, 0.5) is 0 Å². The van der Waals surface area contributed by atoms with Crippen molar-refractivity contribution < 1.29 is 14.6 Å². The van der Waals surface area contributed by atoms with E-state index in [0.717, 1.165) is 21.8 Å². The van der Waals surface area contributed by atoms with E-state index >= 15 is 0 Å². The number of benzene rings is 2. The fourth-order valence-electron chi connectivity index (χ4n) is 3.11. The lowest BCUT2D eigenvalue weighted by Crippen LogP contribution is -2.19. The molecule has 23 heavy (non-hydrogen) atoms. The molecule has 0 saturated heterocycles. The third kappa shape index (κ3) is 2.08. The number of nitrogens with zero attached hydrogens (tertiary/aromatic N) is 2. The van der Waals surface area contributed by atoms with Crippen LogP contribution >= 0.6 is 0 Å². The summed E-state index contributed by atoms with van der Waals surface area (Å²) in [7, 11) is 0. The summed E-state index contributed by atoms with van der Waals surface area (Å²) >= 11 is 0. The van der Waals surface area contributed by atoms with Crippen molar-refractivity contribution in [2.45, 2.75) is 19.9 Å². The topological polar surface area (TPSA) is 64.3 Å². The van der Waals surface area contributed by atoms with Gasteiger partial charge >= 0.3 is 5.97 Å². The van der Waals surface area contributed by atoms with Gasteiger partial charge in [-0.3, -0.25) is 0 Å². The van der Waals surface area contributed by atoms with E-state index in [1.54, 1.807) is 6.92 Å². The van der Waals surface area contributed by atoms with E-state index < -0.39 is 5.97 Å². The third-order valence-electron chi connectivity index (χ3n) is 4.18. The van der Waals surface area contributed by atoms with E-state index in [4.69, 9.17) is 4.74 Å². The number of aromatic nitrogens is 2. The first-order valence-corrected chi connectivity index (χ1v) is 7.67.